The fraction of sp³-hybridized carbons (Fsp3) is 0.167. The quantitative estimate of drug-likeness (QED) is 0.650. The van der Waals surface area contributed by atoms with Gasteiger partial charge in [0.25, 0.3) is 0 Å². The molecule has 2 heteroatoms. The monoisotopic (exact) mass is 264 g/mol. The lowest BCUT2D eigenvalue weighted by atomic mass is 9.97. The van der Waals surface area contributed by atoms with Crippen LogP contribution in [0.5, 0.6) is 0 Å². The van der Waals surface area contributed by atoms with Gasteiger partial charge in [0, 0.05) is 12.0 Å². The maximum Gasteiger partial charge on any atom is 0.228 e. The number of fused-ring (bicyclic) bond motifs is 1. The molecule has 3 aromatic rings. The summed E-state index contributed by atoms with van der Waals surface area (Å²) < 4.78 is 5.58. The molecule has 0 N–H and O–H groups in total. The van der Waals surface area contributed by atoms with E-state index >= 15 is 0 Å². The number of furan rings is 1. The highest BCUT2D eigenvalue weighted by atomic mass is 16.3. The number of carbonyl (C=O) groups is 1. The average molecular weight is 264 g/mol. The molecule has 20 heavy (non-hydrogen) atoms. The maximum absolute atomic E-state index is 12.6. The van der Waals surface area contributed by atoms with Crippen LogP contribution in [0.4, 0.5) is 0 Å². The molecular formula is C18H16O2. The van der Waals surface area contributed by atoms with Gasteiger partial charge in [-0.3, -0.25) is 4.79 Å². The zero-order valence-electron chi connectivity index (χ0n) is 11.6. The van der Waals surface area contributed by atoms with Crippen molar-refractivity contribution in [1.82, 2.24) is 0 Å². The number of carbonyl (C=O) groups excluding carboxylic acids is 1. The minimum absolute atomic E-state index is 0.0547. The Labute approximate surface area is 118 Å². The lowest BCUT2D eigenvalue weighted by molar-refractivity contribution is 0.101. The molecule has 0 bridgehead atoms. The van der Waals surface area contributed by atoms with Crippen LogP contribution in [-0.2, 0) is 6.42 Å². The number of hydrogen-bond acceptors (Lipinski definition) is 2. The second-order valence-electron chi connectivity index (χ2n) is 4.92. The van der Waals surface area contributed by atoms with Gasteiger partial charge in [0.05, 0.1) is 0 Å². The van der Waals surface area contributed by atoms with Crippen molar-refractivity contribution in [2.45, 2.75) is 20.3 Å². The zero-order chi connectivity index (χ0) is 14.1. The number of benzene rings is 2. The van der Waals surface area contributed by atoms with Gasteiger partial charge in [-0.25, -0.2) is 0 Å². The maximum atomic E-state index is 12.6. The van der Waals surface area contributed by atoms with E-state index in [2.05, 4.69) is 6.92 Å². The van der Waals surface area contributed by atoms with Crippen molar-refractivity contribution in [2.24, 2.45) is 0 Å². The minimum Gasteiger partial charge on any atom is -0.458 e. The molecular weight excluding hydrogens is 248 g/mol. The second-order valence-corrected chi connectivity index (χ2v) is 4.92. The third-order valence-electron chi connectivity index (χ3n) is 3.62. The summed E-state index contributed by atoms with van der Waals surface area (Å²) in [4.78, 5) is 12.6. The Balaban J connectivity index is 2.14. The molecule has 100 valence electrons. The number of aryl methyl sites for hydroxylation is 2. The molecule has 0 radical (unpaired) electrons. The van der Waals surface area contributed by atoms with Gasteiger partial charge in [-0.2, -0.15) is 0 Å². The highest BCUT2D eigenvalue weighted by Crippen LogP contribution is 2.25. The summed E-state index contributed by atoms with van der Waals surface area (Å²) in [6.07, 6.45) is 0.794. The Hall–Kier alpha value is -2.35. The van der Waals surface area contributed by atoms with Crippen LogP contribution >= 0.6 is 0 Å². The zero-order valence-corrected chi connectivity index (χ0v) is 11.6. The summed E-state index contributed by atoms with van der Waals surface area (Å²) in [5.41, 5.74) is 1.87. The number of rotatable bonds is 3. The van der Waals surface area contributed by atoms with Crippen LogP contribution < -0.4 is 0 Å². The van der Waals surface area contributed by atoms with Crippen molar-refractivity contribution in [1.29, 1.82) is 0 Å². The Bertz CT molecular complexity index is 781. The van der Waals surface area contributed by atoms with Crippen molar-refractivity contribution in [3.63, 3.8) is 0 Å². The first kappa shape index (κ1) is 12.7. The molecule has 0 spiro atoms. The van der Waals surface area contributed by atoms with Crippen molar-refractivity contribution in [2.75, 3.05) is 0 Å². The molecule has 2 nitrogen and oxygen atoms in total. The molecule has 0 fully saturated rings. The molecule has 0 aliphatic rings. The molecule has 0 saturated heterocycles. The van der Waals surface area contributed by atoms with Crippen LogP contribution in [0.2, 0.25) is 0 Å². The topological polar surface area (TPSA) is 30.2 Å². The van der Waals surface area contributed by atoms with E-state index in [9.17, 15) is 4.79 Å². The van der Waals surface area contributed by atoms with Gasteiger partial charge in [-0.05, 0) is 35.4 Å². The van der Waals surface area contributed by atoms with E-state index in [0.717, 1.165) is 23.0 Å². The Morgan fingerprint density at radius 3 is 2.45 bits per heavy atom. The van der Waals surface area contributed by atoms with Gasteiger partial charge < -0.3 is 4.42 Å². The highest BCUT2D eigenvalue weighted by Gasteiger charge is 2.16. The Morgan fingerprint density at radius 1 is 1.00 bits per heavy atom. The first-order valence-electron chi connectivity index (χ1n) is 6.82. The van der Waals surface area contributed by atoms with Crippen LogP contribution in [0.15, 0.2) is 52.9 Å². The van der Waals surface area contributed by atoms with Crippen molar-refractivity contribution in [3.8, 4) is 0 Å². The molecule has 1 heterocycles. The SMILES string of the molecule is CCc1ccc(C(=O)c2ccc(C)c3ccccc23)o1. The molecule has 0 saturated carbocycles. The fourth-order valence-electron chi connectivity index (χ4n) is 2.47. The van der Waals surface area contributed by atoms with E-state index in [1.54, 1.807) is 6.07 Å². The highest BCUT2D eigenvalue weighted by molar-refractivity contribution is 6.15. The molecule has 0 aliphatic carbocycles. The second kappa shape index (κ2) is 4.97. The fourth-order valence-corrected chi connectivity index (χ4v) is 2.47. The summed E-state index contributed by atoms with van der Waals surface area (Å²) in [6.45, 7) is 4.06. The Kier molecular flexibility index (Phi) is 3.15. The molecule has 2 aromatic carbocycles. The van der Waals surface area contributed by atoms with Gasteiger partial charge in [-0.1, -0.05) is 43.3 Å². The van der Waals surface area contributed by atoms with Gasteiger partial charge in [0.2, 0.25) is 5.78 Å². The standard InChI is InChI=1S/C18H16O2/c1-3-13-9-11-17(20-13)18(19)16-10-8-12(2)14-6-4-5-7-15(14)16/h4-11H,3H2,1-2H3. The molecule has 0 amide bonds. The predicted octanol–water partition coefficient (Wildman–Crippen LogP) is 4.53. The van der Waals surface area contributed by atoms with Gasteiger partial charge >= 0.3 is 0 Å². The predicted molar refractivity (Wildman–Crippen MR) is 80.2 cm³/mol. The van der Waals surface area contributed by atoms with Gasteiger partial charge in [0.15, 0.2) is 5.76 Å². The first-order chi connectivity index (χ1) is 9.70. The van der Waals surface area contributed by atoms with E-state index in [0.29, 0.717) is 11.3 Å². The third kappa shape index (κ3) is 2.03. The molecule has 3 rings (SSSR count). The minimum atomic E-state index is -0.0547. The average Bonchev–Trinajstić information content (AvgIpc) is 2.96. The van der Waals surface area contributed by atoms with E-state index < -0.39 is 0 Å². The smallest absolute Gasteiger partial charge is 0.228 e. The van der Waals surface area contributed by atoms with Crippen LogP contribution in [0, 0.1) is 6.92 Å². The normalized spacial score (nSPS) is 10.9. The summed E-state index contributed by atoms with van der Waals surface area (Å²) >= 11 is 0. The van der Waals surface area contributed by atoms with Gasteiger partial charge in [0.1, 0.15) is 5.76 Å². The summed E-state index contributed by atoms with van der Waals surface area (Å²) in [5.74, 6) is 1.20. The van der Waals surface area contributed by atoms with Crippen LogP contribution in [0.3, 0.4) is 0 Å². The van der Waals surface area contributed by atoms with Crippen molar-refractivity contribution < 1.29 is 9.21 Å². The first-order valence-corrected chi connectivity index (χ1v) is 6.82. The molecule has 0 unspecified atom stereocenters. The lowest BCUT2D eigenvalue weighted by Crippen LogP contribution is -2.01. The lowest BCUT2D eigenvalue weighted by Gasteiger charge is -2.07. The van der Waals surface area contributed by atoms with Crippen molar-refractivity contribution in [3.05, 3.63) is 71.2 Å². The van der Waals surface area contributed by atoms with E-state index in [1.807, 2.05) is 49.4 Å². The molecule has 1 aromatic heterocycles. The van der Waals surface area contributed by atoms with Crippen LogP contribution in [-0.4, -0.2) is 5.78 Å². The van der Waals surface area contributed by atoms with E-state index in [1.165, 1.54) is 5.56 Å². The van der Waals surface area contributed by atoms with Crippen LogP contribution in [0.1, 0.15) is 34.4 Å². The van der Waals surface area contributed by atoms with Crippen LogP contribution in [0.25, 0.3) is 10.8 Å². The Morgan fingerprint density at radius 2 is 1.75 bits per heavy atom. The molecule has 0 atom stereocenters. The van der Waals surface area contributed by atoms with Gasteiger partial charge in [-0.15, -0.1) is 0 Å². The number of ketones is 1. The third-order valence-corrected chi connectivity index (χ3v) is 3.62. The summed E-state index contributed by atoms with van der Waals surface area (Å²) in [5, 5.41) is 2.09. The van der Waals surface area contributed by atoms with Crippen molar-refractivity contribution >= 4 is 16.6 Å². The largest absolute Gasteiger partial charge is 0.458 e. The summed E-state index contributed by atoms with van der Waals surface area (Å²) in [7, 11) is 0. The molecule has 0 aliphatic heterocycles. The summed E-state index contributed by atoms with van der Waals surface area (Å²) in [6, 6.07) is 15.5. The van der Waals surface area contributed by atoms with E-state index in [4.69, 9.17) is 4.42 Å². The van der Waals surface area contributed by atoms with E-state index in [-0.39, 0.29) is 5.78 Å². The number of hydrogen-bond donors (Lipinski definition) is 0.